The second kappa shape index (κ2) is 9.31. The van der Waals surface area contributed by atoms with Crippen molar-refractivity contribution in [2.75, 3.05) is 19.5 Å². The van der Waals surface area contributed by atoms with Crippen molar-refractivity contribution >= 4 is 40.7 Å². The second-order valence-electron chi connectivity index (χ2n) is 5.32. The molecule has 0 fully saturated rings. The molecule has 0 aliphatic carbocycles. The molecule has 0 aliphatic rings. The molecule has 138 valence electrons. The molecule has 2 N–H and O–H groups in total. The number of hydrogen-bond acceptors (Lipinski definition) is 4. The third kappa shape index (κ3) is 5.54. The summed E-state index contributed by atoms with van der Waals surface area (Å²) in [6, 6.07) is 9.99. The zero-order valence-electron chi connectivity index (χ0n) is 14.3. The molecule has 6 nitrogen and oxygen atoms in total. The van der Waals surface area contributed by atoms with Crippen molar-refractivity contribution in [2.24, 2.45) is 0 Å². The van der Waals surface area contributed by atoms with Crippen LogP contribution in [0.4, 0.5) is 5.69 Å². The number of halogens is 2. The van der Waals surface area contributed by atoms with Crippen molar-refractivity contribution in [1.82, 2.24) is 5.32 Å². The van der Waals surface area contributed by atoms with Gasteiger partial charge < -0.3 is 20.1 Å². The molecule has 2 amide bonds. The summed E-state index contributed by atoms with van der Waals surface area (Å²) in [5.41, 5.74) is 1.17. The lowest BCUT2D eigenvalue weighted by atomic mass is 10.2. The van der Waals surface area contributed by atoms with Crippen LogP contribution in [0.15, 0.2) is 36.4 Å². The van der Waals surface area contributed by atoms with Gasteiger partial charge in [-0.3, -0.25) is 9.59 Å². The van der Waals surface area contributed by atoms with E-state index in [1.54, 1.807) is 37.4 Å². The summed E-state index contributed by atoms with van der Waals surface area (Å²) < 4.78 is 10.4. The maximum Gasteiger partial charge on any atom is 0.233 e. The molecular weight excluding hydrogens is 379 g/mol. The van der Waals surface area contributed by atoms with Crippen LogP contribution in [0.3, 0.4) is 0 Å². The van der Waals surface area contributed by atoms with Crippen molar-refractivity contribution in [1.29, 1.82) is 0 Å². The molecule has 2 rings (SSSR count). The third-order valence-corrected chi connectivity index (χ3v) is 4.03. The number of benzene rings is 2. The minimum absolute atomic E-state index is 0.254. The largest absolute Gasteiger partial charge is 0.493 e. The number of anilines is 1. The van der Waals surface area contributed by atoms with Crippen LogP contribution >= 0.6 is 23.2 Å². The molecule has 0 heterocycles. The van der Waals surface area contributed by atoms with Gasteiger partial charge in [0.05, 0.1) is 24.9 Å². The van der Waals surface area contributed by atoms with E-state index in [1.807, 2.05) is 0 Å². The van der Waals surface area contributed by atoms with Crippen LogP contribution in [0.25, 0.3) is 0 Å². The molecule has 0 atom stereocenters. The van der Waals surface area contributed by atoms with Gasteiger partial charge in [-0.25, -0.2) is 0 Å². The highest BCUT2D eigenvalue weighted by atomic mass is 35.5. The maximum absolute atomic E-state index is 12.0. The number of hydrogen-bond donors (Lipinski definition) is 2. The van der Waals surface area contributed by atoms with Gasteiger partial charge in [-0.1, -0.05) is 29.3 Å². The van der Waals surface area contributed by atoms with E-state index in [1.165, 1.54) is 13.2 Å². The Morgan fingerprint density at radius 3 is 2.38 bits per heavy atom. The highest BCUT2D eigenvalue weighted by Gasteiger charge is 2.12. The number of carbonyl (C=O) groups excluding carboxylic acids is 2. The Morgan fingerprint density at radius 1 is 0.962 bits per heavy atom. The van der Waals surface area contributed by atoms with Gasteiger partial charge in [-0.15, -0.1) is 0 Å². The topological polar surface area (TPSA) is 76.7 Å². The monoisotopic (exact) mass is 396 g/mol. The molecule has 0 aromatic heterocycles. The van der Waals surface area contributed by atoms with E-state index >= 15 is 0 Å². The van der Waals surface area contributed by atoms with Crippen molar-refractivity contribution in [3.63, 3.8) is 0 Å². The predicted molar refractivity (Wildman–Crippen MR) is 101 cm³/mol. The van der Waals surface area contributed by atoms with E-state index < -0.39 is 11.8 Å². The minimum Gasteiger partial charge on any atom is -0.493 e. The molecule has 0 aliphatic heterocycles. The number of methoxy groups -OCH3 is 2. The van der Waals surface area contributed by atoms with Crippen molar-refractivity contribution in [3.8, 4) is 11.5 Å². The lowest BCUT2D eigenvalue weighted by Gasteiger charge is -2.11. The first kappa shape index (κ1) is 19.9. The standard InChI is InChI=1S/C18H18Cl2N2O4/c1-25-15-6-3-11(7-16(15)26-2)10-21-17(23)9-18(24)22-14-8-12(19)4-5-13(14)20/h3-8H,9-10H2,1-2H3,(H,21,23)(H,22,24). The number of nitrogens with one attached hydrogen (secondary N) is 2. The van der Waals surface area contributed by atoms with E-state index in [4.69, 9.17) is 32.7 Å². The Labute approximate surface area is 161 Å². The van der Waals surface area contributed by atoms with Crippen LogP contribution in [-0.4, -0.2) is 26.0 Å². The second-order valence-corrected chi connectivity index (χ2v) is 6.16. The summed E-state index contributed by atoms with van der Waals surface area (Å²) >= 11 is 11.8. The quantitative estimate of drug-likeness (QED) is 0.700. The molecule has 0 saturated heterocycles. The van der Waals surface area contributed by atoms with Gasteiger partial charge in [-0.2, -0.15) is 0 Å². The molecule has 26 heavy (non-hydrogen) atoms. The first-order valence-corrected chi connectivity index (χ1v) is 8.41. The summed E-state index contributed by atoms with van der Waals surface area (Å²) in [4.78, 5) is 23.9. The van der Waals surface area contributed by atoms with Crippen LogP contribution in [0.2, 0.25) is 10.0 Å². The highest BCUT2D eigenvalue weighted by Crippen LogP contribution is 2.27. The Hall–Kier alpha value is -2.44. The van der Waals surface area contributed by atoms with Gasteiger partial charge in [0.2, 0.25) is 11.8 Å². The molecular formula is C18H18Cl2N2O4. The molecule has 0 spiro atoms. The van der Waals surface area contributed by atoms with Crippen LogP contribution in [-0.2, 0) is 16.1 Å². The average Bonchev–Trinajstić information content (AvgIpc) is 2.62. The van der Waals surface area contributed by atoms with Gasteiger partial charge >= 0.3 is 0 Å². The Morgan fingerprint density at radius 2 is 1.69 bits per heavy atom. The molecule has 0 bridgehead atoms. The average molecular weight is 397 g/mol. The fraction of sp³-hybridized carbons (Fsp3) is 0.222. The van der Waals surface area contributed by atoms with Gasteiger partial charge in [0.1, 0.15) is 6.42 Å². The Balaban J connectivity index is 1.88. The zero-order chi connectivity index (χ0) is 19.1. The molecule has 2 aromatic carbocycles. The Kier molecular flexibility index (Phi) is 7.12. The number of ether oxygens (including phenoxy) is 2. The fourth-order valence-electron chi connectivity index (χ4n) is 2.19. The first-order valence-electron chi connectivity index (χ1n) is 7.65. The van der Waals surface area contributed by atoms with Gasteiger partial charge in [0, 0.05) is 11.6 Å². The SMILES string of the molecule is COc1ccc(CNC(=O)CC(=O)Nc2cc(Cl)ccc2Cl)cc1OC. The summed E-state index contributed by atoms with van der Waals surface area (Å²) in [7, 11) is 3.08. The first-order chi connectivity index (χ1) is 12.4. The third-order valence-electron chi connectivity index (χ3n) is 3.46. The fourth-order valence-corrected chi connectivity index (χ4v) is 2.52. The molecule has 2 aromatic rings. The molecule has 8 heteroatoms. The number of amides is 2. The van der Waals surface area contributed by atoms with E-state index in [0.717, 1.165) is 5.56 Å². The van der Waals surface area contributed by atoms with Crippen molar-refractivity contribution < 1.29 is 19.1 Å². The van der Waals surface area contributed by atoms with Gasteiger partial charge in [0.15, 0.2) is 11.5 Å². The minimum atomic E-state index is -0.487. The summed E-state index contributed by atoms with van der Waals surface area (Å²) in [6.45, 7) is 0.254. The van der Waals surface area contributed by atoms with E-state index in [9.17, 15) is 9.59 Å². The number of carbonyl (C=O) groups is 2. The zero-order valence-corrected chi connectivity index (χ0v) is 15.8. The smallest absolute Gasteiger partial charge is 0.233 e. The maximum atomic E-state index is 12.0. The Bertz CT molecular complexity index is 812. The molecule has 0 saturated carbocycles. The highest BCUT2D eigenvalue weighted by molar-refractivity contribution is 6.35. The van der Waals surface area contributed by atoms with Gasteiger partial charge in [0.25, 0.3) is 0 Å². The molecule has 0 unspecified atom stereocenters. The van der Waals surface area contributed by atoms with E-state index in [0.29, 0.717) is 27.2 Å². The van der Waals surface area contributed by atoms with Gasteiger partial charge in [-0.05, 0) is 35.9 Å². The van der Waals surface area contributed by atoms with Crippen LogP contribution in [0, 0.1) is 0 Å². The summed E-state index contributed by atoms with van der Waals surface area (Å²) in [5.74, 6) is 0.252. The van der Waals surface area contributed by atoms with E-state index in [2.05, 4.69) is 10.6 Å². The lowest BCUT2D eigenvalue weighted by Crippen LogP contribution is -2.27. The van der Waals surface area contributed by atoms with Crippen molar-refractivity contribution in [3.05, 3.63) is 52.0 Å². The van der Waals surface area contributed by atoms with E-state index in [-0.39, 0.29) is 13.0 Å². The molecule has 0 radical (unpaired) electrons. The lowest BCUT2D eigenvalue weighted by molar-refractivity contribution is -0.126. The summed E-state index contributed by atoms with van der Waals surface area (Å²) in [6.07, 6.45) is -0.337. The van der Waals surface area contributed by atoms with Crippen molar-refractivity contribution in [2.45, 2.75) is 13.0 Å². The predicted octanol–water partition coefficient (Wildman–Crippen LogP) is 3.66. The normalized spacial score (nSPS) is 10.2. The van der Waals surface area contributed by atoms with Crippen LogP contribution in [0.5, 0.6) is 11.5 Å². The van der Waals surface area contributed by atoms with Crippen LogP contribution < -0.4 is 20.1 Å². The summed E-state index contributed by atoms with van der Waals surface area (Å²) in [5, 5.41) is 6.01. The number of rotatable bonds is 7. The van der Waals surface area contributed by atoms with Crippen LogP contribution in [0.1, 0.15) is 12.0 Å².